The van der Waals surface area contributed by atoms with E-state index in [1.54, 1.807) is 6.08 Å². The maximum absolute atomic E-state index is 12.6. The van der Waals surface area contributed by atoms with Gasteiger partial charge < -0.3 is 15.0 Å². The molecule has 1 heterocycles. The number of amides is 1. The molecule has 2 rings (SSSR count). The fourth-order valence-electron chi connectivity index (χ4n) is 2.84. The van der Waals surface area contributed by atoms with Crippen molar-refractivity contribution in [2.75, 3.05) is 0 Å². The average Bonchev–Trinajstić information content (AvgIpc) is 2.79. The molecule has 0 bridgehead atoms. The first-order valence-corrected chi connectivity index (χ1v) is 8.05. The lowest BCUT2D eigenvalue weighted by atomic mass is 10.0. The van der Waals surface area contributed by atoms with Crippen molar-refractivity contribution in [3.05, 3.63) is 47.7 Å². The van der Waals surface area contributed by atoms with Crippen LogP contribution in [0.3, 0.4) is 0 Å². The number of carboxylic acid groups (broad SMARTS) is 1. The lowest BCUT2D eigenvalue weighted by Gasteiger charge is -2.12. The van der Waals surface area contributed by atoms with Crippen LogP contribution in [-0.2, 0) is 11.3 Å². The number of carboxylic acids is 1. The van der Waals surface area contributed by atoms with Crippen molar-refractivity contribution in [1.29, 1.82) is 0 Å². The summed E-state index contributed by atoms with van der Waals surface area (Å²) in [6, 6.07) is 5.23. The molecule has 0 aliphatic heterocycles. The molecule has 128 valence electrons. The van der Waals surface area contributed by atoms with E-state index in [9.17, 15) is 9.59 Å². The molecule has 24 heavy (non-hydrogen) atoms. The third-order valence-electron chi connectivity index (χ3n) is 4.25. The zero-order chi connectivity index (χ0) is 18.0. The van der Waals surface area contributed by atoms with Crippen LogP contribution in [0.25, 0.3) is 10.9 Å². The number of nitrogens with zero attached hydrogens (tertiary/aromatic N) is 1. The second-order valence-corrected chi connectivity index (χ2v) is 6.34. The monoisotopic (exact) mass is 328 g/mol. The third kappa shape index (κ3) is 3.20. The van der Waals surface area contributed by atoms with Gasteiger partial charge in [-0.15, -0.1) is 6.58 Å². The Labute approximate surface area is 142 Å². The molecule has 0 aliphatic carbocycles. The zero-order valence-corrected chi connectivity index (χ0v) is 14.6. The number of carbonyl (C=O) groups is 2. The van der Waals surface area contributed by atoms with Gasteiger partial charge in [0, 0.05) is 17.4 Å². The van der Waals surface area contributed by atoms with Gasteiger partial charge in [0.2, 0.25) is 0 Å². The summed E-state index contributed by atoms with van der Waals surface area (Å²) in [7, 11) is 0. The second kappa shape index (κ2) is 6.91. The minimum atomic E-state index is -1.06. The lowest BCUT2D eigenvalue weighted by molar-refractivity contribution is -0.138. The third-order valence-corrected chi connectivity index (χ3v) is 4.25. The molecular formula is C19H24N2O3. The normalized spacial score (nSPS) is 12.4. The molecule has 2 aromatic rings. The van der Waals surface area contributed by atoms with Crippen molar-refractivity contribution in [3.8, 4) is 0 Å². The highest BCUT2D eigenvalue weighted by atomic mass is 16.4. The average molecular weight is 328 g/mol. The predicted molar refractivity (Wildman–Crippen MR) is 95.5 cm³/mol. The number of allylic oxidation sites excluding steroid dienone is 1. The number of benzene rings is 1. The van der Waals surface area contributed by atoms with Gasteiger partial charge in [-0.25, -0.2) is 0 Å². The van der Waals surface area contributed by atoms with Crippen molar-refractivity contribution < 1.29 is 14.7 Å². The van der Waals surface area contributed by atoms with Gasteiger partial charge in [-0.05, 0) is 43.0 Å². The van der Waals surface area contributed by atoms with E-state index < -0.39 is 12.0 Å². The summed E-state index contributed by atoms with van der Waals surface area (Å²) in [5, 5.41) is 12.6. The second-order valence-electron chi connectivity index (χ2n) is 6.34. The summed E-state index contributed by atoms with van der Waals surface area (Å²) in [4.78, 5) is 23.7. The largest absolute Gasteiger partial charge is 0.480 e. The van der Waals surface area contributed by atoms with Gasteiger partial charge in [0.15, 0.2) is 0 Å². The number of nitrogens with one attached hydrogen (secondary N) is 1. The van der Waals surface area contributed by atoms with Crippen molar-refractivity contribution in [1.82, 2.24) is 9.88 Å². The predicted octanol–water partition coefficient (Wildman–Crippen LogP) is 3.46. The van der Waals surface area contributed by atoms with Gasteiger partial charge in [-0.3, -0.25) is 9.59 Å². The van der Waals surface area contributed by atoms with E-state index in [4.69, 9.17) is 5.11 Å². The van der Waals surface area contributed by atoms with Crippen LogP contribution in [0.2, 0.25) is 0 Å². The first kappa shape index (κ1) is 17.8. The van der Waals surface area contributed by atoms with E-state index >= 15 is 0 Å². The SMILES string of the molecule is C=CCn1c(C(=O)NC(C)C(=O)O)c(C)c2cc(C(C)C)ccc21. The van der Waals surface area contributed by atoms with Crippen LogP contribution in [0.15, 0.2) is 30.9 Å². The van der Waals surface area contributed by atoms with Gasteiger partial charge >= 0.3 is 5.97 Å². The molecule has 0 saturated carbocycles. The maximum atomic E-state index is 12.6. The van der Waals surface area contributed by atoms with Crippen LogP contribution in [-0.4, -0.2) is 27.6 Å². The first-order valence-electron chi connectivity index (χ1n) is 8.05. The maximum Gasteiger partial charge on any atom is 0.325 e. The fourth-order valence-corrected chi connectivity index (χ4v) is 2.84. The quantitative estimate of drug-likeness (QED) is 0.798. The summed E-state index contributed by atoms with van der Waals surface area (Å²) < 4.78 is 1.88. The van der Waals surface area contributed by atoms with Crippen LogP contribution in [0.4, 0.5) is 0 Å². The highest BCUT2D eigenvalue weighted by Gasteiger charge is 2.23. The zero-order valence-electron chi connectivity index (χ0n) is 14.6. The molecule has 0 fully saturated rings. The molecule has 5 heteroatoms. The number of aliphatic carboxylic acids is 1. The molecule has 0 aliphatic rings. The Kier molecular flexibility index (Phi) is 5.12. The van der Waals surface area contributed by atoms with Gasteiger partial charge in [0.25, 0.3) is 5.91 Å². The molecule has 1 aromatic carbocycles. The molecule has 5 nitrogen and oxygen atoms in total. The van der Waals surface area contributed by atoms with Gasteiger partial charge in [0.05, 0.1) is 0 Å². The minimum Gasteiger partial charge on any atom is -0.480 e. The van der Waals surface area contributed by atoms with Gasteiger partial charge in [-0.2, -0.15) is 0 Å². The van der Waals surface area contributed by atoms with E-state index in [-0.39, 0.29) is 5.91 Å². The number of hydrogen-bond acceptors (Lipinski definition) is 2. The van der Waals surface area contributed by atoms with Crippen LogP contribution >= 0.6 is 0 Å². The molecule has 1 amide bonds. The van der Waals surface area contributed by atoms with E-state index in [0.717, 1.165) is 16.5 Å². The van der Waals surface area contributed by atoms with Crippen LogP contribution < -0.4 is 5.32 Å². The van der Waals surface area contributed by atoms with Crippen LogP contribution in [0.5, 0.6) is 0 Å². The highest BCUT2D eigenvalue weighted by Crippen LogP contribution is 2.29. The Bertz CT molecular complexity index is 803. The molecule has 0 saturated heterocycles. The van der Waals surface area contributed by atoms with Crippen LogP contribution in [0.1, 0.15) is 48.3 Å². The van der Waals surface area contributed by atoms with Gasteiger partial charge in [-0.1, -0.05) is 26.0 Å². The number of rotatable bonds is 6. The Balaban J connectivity index is 2.61. The van der Waals surface area contributed by atoms with E-state index in [1.807, 2.05) is 17.6 Å². The molecule has 1 unspecified atom stereocenters. The summed E-state index contributed by atoms with van der Waals surface area (Å²) >= 11 is 0. The molecule has 1 atom stereocenters. The molecule has 0 spiro atoms. The lowest BCUT2D eigenvalue weighted by Crippen LogP contribution is -2.39. The fraction of sp³-hybridized carbons (Fsp3) is 0.368. The Morgan fingerprint density at radius 3 is 2.54 bits per heavy atom. The van der Waals surface area contributed by atoms with Crippen LogP contribution in [0, 0.1) is 6.92 Å². The number of hydrogen-bond donors (Lipinski definition) is 2. The minimum absolute atomic E-state index is 0.383. The smallest absolute Gasteiger partial charge is 0.325 e. The molecular weight excluding hydrogens is 304 g/mol. The number of carbonyl (C=O) groups excluding carboxylic acids is 1. The summed E-state index contributed by atoms with van der Waals surface area (Å²) in [5.74, 6) is -1.05. The number of aromatic nitrogens is 1. The standard InChI is InChI=1S/C19H24N2O3/c1-6-9-21-16-8-7-14(11(2)3)10-15(16)12(4)17(21)18(22)20-13(5)19(23)24/h6-8,10-11,13H,1,9H2,2-5H3,(H,20,22)(H,23,24). The molecule has 2 N–H and O–H groups in total. The van der Waals surface area contributed by atoms with Crippen molar-refractivity contribution >= 4 is 22.8 Å². The summed E-state index contributed by atoms with van der Waals surface area (Å²) in [6.07, 6.45) is 1.73. The Hall–Kier alpha value is -2.56. The van der Waals surface area contributed by atoms with Gasteiger partial charge in [0.1, 0.15) is 11.7 Å². The first-order chi connectivity index (χ1) is 11.3. The Morgan fingerprint density at radius 2 is 2.00 bits per heavy atom. The van der Waals surface area contributed by atoms with E-state index in [0.29, 0.717) is 18.2 Å². The van der Waals surface area contributed by atoms with E-state index in [1.165, 1.54) is 12.5 Å². The van der Waals surface area contributed by atoms with Crippen molar-refractivity contribution in [2.24, 2.45) is 0 Å². The van der Waals surface area contributed by atoms with E-state index in [2.05, 4.69) is 37.9 Å². The number of fused-ring (bicyclic) bond motifs is 1. The van der Waals surface area contributed by atoms with Crippen molar-refractivity contribution in [2.45, 2.75) is 46.2 Å². The summed E-state index contributed by atoms with van der Waals surface area (Å²) in [6.45, 7) is 11.8. The summed E-state index contributed by atoms with van der Waals surface area (Å²) in [5.41, 5.74) is 3.49. The molecule has 0 radical (unpaired) electrons. The Morgan fingerprint density at radius 1 is 1.33 bits per heavy atom. The topological polar surface area (TPSA) is 71.3 Å². The van der Waals surface area contributed by atoms with Crippen molar-refractivity contribution in [3.63, 3.8) is 0 Å². The number of aryl methyl sites for hydroxylation is 1. The highest BCUT2D eigenvalue weighted by molar-refractivity contribution is 6.03. The molecule has 1 aromatic heterocycles.